The number of carbonyl (C=O) groups excluding carboxylic acids is 4. The molecule has 2 heterocycles. The summed E-state index contributed by atoms with van der Waals surface area (Å²) in [5, 5.41) is 5.65. The lowest BCUT2D eigenvalue weighted by Crippen LogP contribution is -2.54. The second-order valence-electron chi connectivity index (χ2n) is 10.8. The van der Waals surface area contributed by atoms with Gasteiger partial charge in [0, 0.05) is 24.9 Å². The SMILES string of the molecule is C[C@H](C(=O)N1C[C@H]2[C@@H]([C@H]1C(=O)N[C@H](C=O)C[C@@H]1CCNC1=O)C2(C)C)C1CCCCC1. The molecule has 3 amide bonds. The van der Waals surface area contributed by atoms with Crippen molar-refractivity contribution >= 4 is 24.0 Å². The van der Waals surface area contributed by atoms with Crippen LogP contribution in [0.25, 0.3) is 0 Å². The van der Waals surface area contributed by atoms with Crippen molar-refractivity contribution in [2.45, 2.75) is 77.8 Å². The van der Waals surface area contributed by atoms with Crippen molar-refractivity contribution in [1.82, 2.24) is 15.5 Å². The number of amides is 3. The third-order valence-electron chi connectivity index (χ3n) is 8.70. The van der Waals surface area contributed by atoms with Gasteiger partial charge in [0.1, 0.15) is 12.3 Å². The van der Waals surface area contributed by atoms with Gasteiger partial charge in [-0.25, -0.2) is 0 Å². The second-order valence-corrected chi connectivity index (χ2v) is 10.8. The molecular weight excluding hydrogens is 394 g/mol. The lowest BCUT2D eigenvalue weighted by Gasteiger charge is -2.35. The molecule has 6 atom stereocenters. The summed E-state index contributed by atoms with van der Waals surface area (Å²) >= 11 is 0. The van der Waals surface area contributed by atoms with Crippen molar-refractivity contribution in [3.8, 4) is 0 Å². The molecule has 2 saturated carbocycles. The van der Waals surface area contributed by atoms with E-state index in [-0.39, 0.29) is 40.9 Å². The monoisotopic (exact) mass is 431 g/mol. The molecule has 0 aromatic rings. The maximum Gasteiger partial charge on any atom is 0.243 e. The van der Waals surface area contributed by atoms with Gasteiger partial charge in [-0.2, -0.15) is 0 Å². The summed E-state index contributed by atoms with van der Waals surface area (Å²) < 4.78 is 0. The van der Waals surface area contributed by atoms with Crippen molar-refractivity contribution in [3.05, 3.63) is 0 Å². The van der Waals surface area contributed by atoms with E-state index in [9.17, 15) is 19.2 Å². The van der Waals surface area contributed by atoms with Crippen LogP contribution in [-0.4, -0.2) is 54.1 Å². The van der Waals surface area contributed by atoms with Crippen LogP contribution in [0, 0.1) is 35.0 Å². The molecule has 4 fully saturated rings. The Balaban J connectivity index is 1.45. The quantitative estimate of drug-likeness (QED) is 0.602. The van der Waals surface area contributed by atoms with Crippen molar-refractivity contribution in [1.29, 1.82) is 0 Å². The molecule has 0 radical (unpaired) electrons. The van der Waals surface area contributed by atoms with Gasteiger partial charge in [-0.1, -0.05) is 40.0 Å². The summed E-state index contributed by atoms with van der Waals surface area (Å²) in [6.07, 6.45) is 7.52. The Labute approximate surface area is 185 Å². The van der Waals surface area contributed by atoms with E-state index in [1.807, 2.05) is 6.92 Å². The van der Waals surface area contributed by atoms with Gasteiger partial charge in [-0.05, 0) is 48.9 Å². The summed E-state index contributed by atoms with van der Waals surface area (Å²) in [7, 11) is 0. The summed E-state index contributed by atoms with van der Waals surface area (Å²) in [5.41, 5.74) is 0.0366. The van der Waals surface area contributed by atoms with Crippen LogP contribution < -0.4 is 10.6 Å². The molecule has 7 nitrogen and oxygen atoms in total. The molecule has 0 bridgehead atoms. The molecule has 31 heavy (non-hydrogen) atoms. The minimum absolute atomic E-state index is 0.0366. The normalized spacial score (nSPS) is 33.9. The summed E-state index contributed by atoms with van der Waals surface area (Å²) in [4.78, 5) is 52.1. The Morgan fingerprint density at radius 2 is 1.94 bits per heavy atom. The van der Waals surface area contributed by atoms with Crippen LogP contribution in [0.4, 0.5) is 0 Å². The third kappa shape index (κ3) is 4.12. The standard InChI is InChI=1S/C24H37N3O4/c1-14(15-7-5-4-6-8-15)23(31)27-12-18-19(24(18,2)3)20(27)22(30)26-17(13-28)11-16-9-10-25-21(16)29/h13-20H,4-12H2,1-3H3,(H,25,29)(H,26,30)/t14-,16-,17-,18-,19-,20-/m0/s1. The van der Waals surface area contributed by atoms with E-state index in [4.69, 9.17) is 0 Å². The Kier molecular flexibility index (Phi) is 6.14. The number of nitrogens with zero attached hydrogens (tertiary/aromatic N) is 1. The first-order valence-corrected chi connectivity index (χ1v) is 12.1. The molecule has 2 N–H and O–H groups in total. The number of piperidine rings is 1. The summed E-state index contributed by atoms with van der Waals surface area (Å²) in [6.45, 7) is 7.59. The van der Waals surface area contributed by atoms with Crippen LogP contribution in [0.2, 0.25) is 0 Å². The minimum Gasteiger partial charge on any atom is -0.356 e. The van der Waals surface area contributed by atoms with Gasteiger partial charge in [0.2, 0.25) is 17.7 Å². The highest BCUT2D eigenvalue weighted by Crippen LogP contribution is 2.65. The first-order chi connectivity index (χ1) is 14.8. The molecule has 4 rings (SSSR count). The van der Waals surface area contributed by atoms with E-state index < -0.39 is 12.1 Å². The number of likely N-dealkylation sites (tertiary alicyclic amines) is 1. The smallest absolute Gasteiger partial charge is 0.243 e. The average molecular weight is 432 g/mol. The van der Waals surface area contributed by atoms with Gasteiger partial charge >= 0.3 is 0 Å². The number of nitrogens with one attached hydrogen (secondary N) is 2. The van der Waals surface area contributed by atoms with Gasteiger partial charge in [-0.3, -0.25) is 14.4 Å². The van der Waals surface area contributed by atoms with E-state index in [1.54, 1.807) is 4.90 Å². The zero-order valence-corrected chi connectivity index (χ0v) is 19.1. The molecule has 0 spiro atoms. The molecule has 0 unspecified atom stereocenters. The van der Waals surface area contributed by atoms with E-state index >= 15 is 0 Å². The highest BCUT2D eigenvalue weighted by molar-refractivity contribution is 5.92. The van der Waals surface area contributed by atoms with Gasteiger partial charge in [0.15, 0.2) is 0 Å². The molecule has 0 aromatic heterocycles. The number of rotatable bonds is 7. The highest BCUT2D eigenvalue weighted by Gasteiger charge is 2.69. The van der Waals surface area contributed by atoms with Crippen molar-refractivity contribution < 1.29 is 19.2 Å². The highest BCUT2D eigenvalue weighted by atomic mass is 16.2. The van der Waals surface area contributed by atoms with Gasteiger partial charge in [0.25, 0.3) is 0 Å². The fourth-order valence-electron chi connectivity index (χ4n) is 6.50. The molecule has 2 aliphatic heterocycles. The van der Waals surface area contributed by atoms with E-state index in [1.165, 1.54) is 19.3 Å². The maximum absolute atomic E-state index is 13.4. The van der Waals surface area contributed by atoms with Crippen molar-refractivity contribution in [3.63, 3.8) is 0 Å². The van der Waals surface area contributed by atoms with Gasteiger partial charge in [0.05, 0.1) is 6.04 Å². The average Bonchev–Trinajstić information content (AvgIpc) is 3.13. The topological polar surface area (TPSA) is 95.6 Å². The molecule has 172 valence electrons. The third-order valence-corrected chi connectivity index (χ3v) is 8.70. The van der Waals surface area contributed by atoms with Crippen molar-refractivity contribution in [2.75, 3.05) is 13.1 Å². The van der Waals surface area contributed by atoms with Crippen LogP contribution in [0.3, 0.4) is 0 Å². The molecule has 2 aliphatic carbocycles. The number of hydrogen-bond donors (Lipinski definition) is 2. The fraction of sp³-hybridized carbons (Fsp3) is 0.833. The van der Waals surface area contributed by atoms with Crippen LogP contribution in [0.15, 0.2) is 0 Å². The number of carbonyl (C=O) groups is 4. The Bertz CT molecular complexity index is 745. The number of aldehydes is 1. The number of fused-ring (bicyclic) bond motifs is 1. The van der Waals surface area contributed by atoms with Crippen LogP contribution >= 0.6 is 0 Å². The molecule has 2 saturated heterocycles. The number of hydrogen-bond acceptors (Lipinski definition) is 4. The molecule has 7 heteroatoms. The van der Waals surface area contributed by atoms with Crippen LogP contribution in [0.1, 0.15) is 65.7 Å². The fourth-order valence-corrected chi connectivity index (χ4v) is 6.50. The molecule has 0 aromatic carbocycles. The predicted octanol–water partition coefficient (Wildman–Crippen LogP) is 1.90. The predicted molar refractivity (Wildman–Crippen MR) is 116 cm³/mol. The Hall–Kier alpha value is -1.92. The minimum atomic E-state index is -0.699. The first-order valence-electron chi connectivity index (χ1n) is 12.1. The largest absolute Gasteiger partial charge is 0.356 e. The Morgan fingerprint density at radius 3 is 2.55 bits per heavy atom. The van der Waals surface area contributed by atoms with E-state index in [2.05, 4.69) is 24.5 Å². The summed E-state index contributed by atoms with van der Waals surface area (Å²) in [5.74, 6) is 0.360. The van der Waals surface area contributed by atoms with Crippen LogP contribution in [-0.2, 0) is 19.2 Å². The maximum atomic E-state index is 13.4. The van der Waals surface area contributed by atoms with E-state index in [0.717, 1.165) is 19.1 Å². The first kappa shape index (κ1) is 22.3. The lowest BCUT2D eigenvalue weighted by molar-refractivity contribution is -0.145. The Morgan fingerprint density at radius 1 is 1.23 bits per heavy atom. The second kappa shape index (κ2) is 8.55. The van der Waals surface area contributed by atoms with Gasteiger partial charge in [-0.15, -0.1) is 0 Å². The molecule has 4 aliphatic rings. The summed E-state index contributed by atoms with van der Waals surface area (Å²) in [6, 6.07) is -1.21. The van der Waals surface area contributed by atoms with Crippen LogP contribution in [0.5, 0.6) is 0 Å². The van der Waals surface area contributed by atoms with Crippen molar-refractivity contribution in [2.24, 2.45) is 35.0 Å². The molecular formula is C24H37N3O4. The lowest BCUT2D eigenvalue weighted by atomic mass is 9.80. The van der Waals surface area contributed by atoms with E-state index in [0.29, 0.717) is 37.8 Å². The zero-order valence-electron chi connectivity index (χ0n) is 19.1. The van der Waals surface area contributed by atoms with Gasteiger partial charge < -0.3 is 20.3 Å². The zero-order chi connectivity index (χ0) is 22.3.